The molecule has 3 aromatic rings. The molecule has 3 nitrogen and oxygen atoms in total. The Hall–Kier alpha value is -1.53. The molecule has 0 fully saturated rings. The summed E-state index contributed by atoms with van der Waals surface area (Å²) in [5.74, 6) is -0.272. The molecule has 0 saturated carbocycles. The van der Waals surface area contributed by atoms with Crippen molar-refractivity contribution < 1.29 is 4.39 Å². The number of para-hydroxylation sites is 1. The first-order valence-electron chi connectivity index (χ1n) is 5.51. The molecule has 92 valence electrons. The van der Waals surface area contributed by atoms with Gasteiger partial charge in [-0.05, 0) is 24.4 Å². The summed E-state index contributed by atoms with van der Waals surface area (Å²) in [5, 5.41) is 3.01. The Balaban J connectivity index is 1.99. The molecule has 1 N–H and O–H groups in total. The minimum absolute atomic E-state index is 0.272. The molecule has 2 aromatic heterocycles. The lowest BCUT2D eigenvalue weighted by Crippen LogP contribution is -2.01. The average Bonchev–Trinajstić information content (AvgIpc) is 2.95. The molecule has 6 heteroatoms. The van der Waals surface area contributed by atoms with Crippen LogP contribution in [0.15, 0.2) is 29.8 Å². The van der Waals surface area contributed by atoms with Gasteiger partial charge in [0.25, 0.3) is 0 Å². The zero-order valence-electron chi connectivity index (χ0n) is 9.39. The van der Waals surface area contributed by atoms with Crippen molar-refractivity contribution in [2.45, 2.75) is 13.0 Å². The van der Waals surface area contributed by atoms with Crippen LogP contribution >= 0.6 is 23.6 Å². The van der Waals surface area contributed by atoms with E-state index in [4.69, 9.17) is 12.2 Å². The SMILES string of the molecule is Fc1cccc2c1[nH]c(=S)n2CCc1nccs1. The number of fused-ring (bicyclic) bond motifs is 1. The molecule has 0 atom stereocenters. The summed E-state index contributed by atoms with van der Waals surface area (Å²) in [6.45, 7) is 0.704. The van der Waals surface area contributed by atoms with Crippen LogP contribution < -0.4 is 0 Å². The summed E-state index contributed by atoms with van der Waals surface area (Å²) in [7, 11) is 0. The number of hydrogen-bond acceptors (Lipinski definition) is 3. The van der Waals surface area contributed by atoms with Crippen LogP contribution in [0.4, 0.5) is 4.39 Å². The van der Waals surface area contributed by atoms with Crippen molar-refractivity contribution in [2.24, 2.45) is 0 Å². The van der Waals surface area contributed by atoms with Crippen molar-refractivity contribution in [2.75, 3.05) is 0 Å². The molecule has 18 heavy (non-hydrogen) atoms. The molecule has 0 aliphatic heterocycles. The number of nitrogens with zero attached hydrogens (tertiary/aromatic N) is 2. The maximum absolute atomic E-state index is 13.6. The number of aromatic nitrogens is 3. The molecule has 3 rings (SSSR count). The number of nitrogens with one attached hydrogen (secondary N) is 1. The van der Waals surface area contributed by atoms with Crippen LogP contribution in [0.1, 0.15) is 5.01 Å². The quantitative estimate of drug-likeness (QED) is 0.744. The van der Waals surface area contributed by atoms with Gasteiger partial charge in [0.2, 0.25) is 0 Å². The number of benzene rings is 1. The minimum Gasteiger partial charge on any atom is -0.328 e. The van der Waals surface area contributed by atoms with Gasteiger partial charge < -0.3 is 9.55 Å². The third kappa shape index (κ3) is 1.97. The molecular formula is C12H10FN3S2. The van der Waals surface area contributed by atoms with Gasteiger partial charge in [0, 0.05) is 24.5 Å². The monoisotopic (exact) mass is 279 g/mol. The lowest BCUT2D eigenvalue weighted by molar-refractivity contribution is 0.637. The summed E-state index contributed by atoms with van der Waals surface area (Å²) in [5.41, 5.74) is 1.28. The molecule has 0 saturated heterocycles. The summed E-state index contributed by atoms with van der Waals surface area (Å²) in [6.07, 6.45) is 2.59. The first kappa shape index (κ1) is 11.6. The van der Waals surface area contributed by atoms with E-state index >= 15 is 0 Å². The van der Waals surface area contributed by atoms with E-state index in [9.17, 15) is 4.39 Å². The number of hydrogen-bond donors (Lipinski definition) is 1. The van der Waals surface area contributed by atoms with Gasteiger partial charge in [0.1, 0.15) is 11.3 Å². The maximum Gasteiger partial charge on any atom is 0.178 e. The Bertz CT molecular complexity index is 727. The number of H-pyrrole nitrogens is 1. The van der Waals surface area contributed by atoms with Gasteiger partial charge >= 0.3 is 0 Å². The largest absolute Gasteiger partial charge is 0.328 e. The Morgan fingerprint density at radius 3 is 3.11 bits per heavy atom. The van der Waals surface area contributed by atoms with Crippen molar-refractivity contribution in [3.05, 3.63) is 45.4 Å². The maximum atomic E-state index is 13.6. The number of imidazole rings is 1. The molecule has 0 amide bonds. The number of aryl methyl sites for hydroxylation is 2. The summed E-state index contributed by atoms with van der Waals surface area (Å²) < 4.78 is 16.1. The van der Waals surface area contributed by atoms with Gasteiger partial charge in [-0.15, -0.1) is 11.3 Å². The van der Waals surface area contributed by atoms with Crippen molar-refractivity contribution in [1.29, 1.82) is 0 Å². The molecule has 0 spiro atoms. The smallest absolute Gasteiger partial charge is 0.178 e. The zero-order valence-corrected chi connectivity index (χ0v) is 11.0. The summed E-state index contributed by atoms with van der Waals surface area (Å²) in [6, 6.07) is 4.99. The van der Waals surface area contributed by atoms with Gasteiger partial charge in [-0.1, -0.05) is 6.07 Å². The van der Waals surface area contributed by atoms with Crippen molar-refractivity contribution in [1.82, 2.24) is 14.5 Å². The van der Waals surface area contributed by atoms with Crippen LogP contribution in [-0.2, 0) is 13.0 Å². The van der Waals surface area contributed by atoms with Crippen LogP contribution in [0.3, 0.4) is 0 Å². The summed E-state index contributed by atoms with van der Waals surface area (Å²) >= 11 is 6.85. The molecule has 0 aliphatic carbocycles. The van der Waals surface area contributed by atoms with Gasteiger partial charge in [0.05, 0.1) is 10.5 Å². The Morgan fingerprint density at radius 2 is 2.33 bits per heavy atom. The van der Waals surface area contributed by atoms with Gasteiger partial charge in [0.15, 0.2) is 4.77 Å². The van der Waals surface area contributed by atoms with Crippen molar-refractivity contribution in [3.63, 3.8) is 0 Å². The highest BCUT2D eigenvalue weighted by Crippen LogP contribution is 2.18. The van der Waals surface area contributed by atoms with Crippen LogP contribution in [0.25, 0.3) is 11.0 Å². The third-order valence-corrected chi connectivity index (χ3v) is 3.95. The van der Waals surface area contributed by atoms with Crippen LogP contribution in [-0.4, -0.2) is 14.5 Å². The van der Waals surface area contributed by atoms with Crippen LogP contribution in [0, 0.1) is 10.6 Å². The highest BCUT2D eigenvalue weighted by molar-refractivity contribution is 7.71. The van der Waals surface area contributed by atoms with E-state index in [0.29, 0.717) is 16.8 Å². The molecule has 0 aliphatic rings. The second kappa shape index (κ2) is 4.62. The van der Waals surface area contributed by atoms with E-state index in [1.165, 1.54) is 6.07 Å². The average molecular weight is 279 g/mol. The fourth-order valence-corrected chi connectivity index (χ4v) is 2.85. The van der Waals surface area contributed by atoms with Gasteiger partial charge in [-0.25, -0.2) is 9.37 Å². The fraction of sp³-hybridized carbons (Fsp3) is 0.167. The van der Waals surface area contributed by atoms with E-state index in [0.717, 1.165) is 16.9 Å². The number of rotatable bonds is 3. The second-order valence-electron chi connectivity index (χ2n) is 3.89. The van der Waals surface area contributed by atoms with Crippen molar-refractivity contribution >= 4 is 34.6 Å². The highest BCUT2D eigenvalue weighted by atomic mass is 32.1. The Labute approximate surface area is 112 Å². The number of halogens is 1. The van der Waals surface area contributed by atoms with Gasteiger partial charge in [-0.3, -0.25) is 0 Å². The fourth-order valence-electron chi connectivity index (χ4n) is 1.95. The Morgan fingerprint density at radius 1 is 1.44 bits per heavy atom. The van der Waals surface area contributed by atoms with E-state index in [1.807, 2.05) is 16.0 Å². The first-order valence-corrected chi connectivity index (χ1v) is 6.80. The van der Waals surface area contributed by atoms with Crippen molar-refractivity contribution in [3.8, 4) is 0 Å². The van der Waals surface area contributed by atoms with E-state index < -0.39 is 0 Å². The van der Waals surface area contributed by atoms with Crippen LogP contribution in [0.2, 0.25) is 0 Å². The molecule has 2 heterocycles. The lowest BCUT2D eigenvalue weighted by Gasteiger charge is -2.02. The van der Waals surface area contributed by atoms with E-state index in [2.05, 4.69) is 9.97 Å². The van der Waals surface area contributed by atoms with Crippen LogP contribution in [0.5, 0.6) is 0 Å². The number of aromatic amines is 1. The molecule has 0 bridgehead atoms. The predicted octanol–water partition coefficient (Wildman–Crippen LogP) is 3.54. The molecule has 0 radical (unpaired) electrons. The van der Waals surface area contributed by atoms with E-state index in [1.54, 1.807) is 23.6 Å². The Kier molecular flexibility index (Phi) is 2.97. The van der Waals surface area contributed by atoms with Gasteiger partial charge in [-0.2, -0.15) is 0 Å². The standard InChI is InChI=1S/C12H10FN3S2/c13-8-2-1-3-9-11(8)15-12(17)16(9)6-4-10-14-5-7-18-10/h1-3,5,7H,4,6H2,(H,15,17). The third-order valence-electron chi connectivity index (χ3n) is 2.79. The summed E-state index contributed by atoms with van der Waals surface area (Å²) in [4.78, 5) is 7.14. The second-order valence-corrected chi connectivity index (χ2v) is 5.26. The molecule has 0 unspecified atom stereocenters. The zero-order chi connectivity index (χ0) is 12.5. The number of thiazole rings is 1. The molecular weight excluding hydrogens is 269 g/mol. The first-order chi connectivity index (χ1) is 8.75. The lowest BCUT2D eigenvalue weighted by atomic mass is 10.3. The topological polar surface area (TPSA) is 33.6 Å². The minimum atomic E-state index is -0.272. The predicted molar refractivity (Wildman–Crippen MR) is 72.9 cm³/mol. The highest BCUT2D eigenvalue weighted by Gasteiger charge is 2.08. The molecule has 1 aromatic carbocycles. The normalized spacial score (nSPS) is 11.2. The van der Waals surface area contributed by atoms with E-state index in [-0.39, 0.29) is 5.82 Å².